The lowest BCUT2D eigenvalue weighted by Crippen LogP contribution is -2.27. The van der Waals surface area contributed by atoms with Gasteiger partial charge in [-0.25, -0.2) is 4.39 Å². The second-order valence-electron chi connectivity index (χ2n) is 6.95. The summed E-state index contributed by atoms with van der Waals surface area (Å²) in [5.41, 5.74) is 9.19. The summed E-state index contributed by atoms with van der Waals surface area (Å²) in [7, 11) is 0. The van der Waals surface area contributed by atoms with Crippen LogP contribution in [0.1, 0.15) is 57.2 Å². The molecule has 2 nitrogen and oxygen atoms in total. The Kier molecular flexibility index (Phi) is 4.38. The molecule has 20 heavy (non-hydrogen) atoms. The molecule has 0 saturated carbocycles. The van der Waals surface area contributed by atoms with E-state index in [0.29, 0.717) is 11.0 Å². The maximum atomic E-state index is 13.8. The van der Waals surface area contributed by atoms with Crippen LogP contribution in [0.2, 0.25) is 0 Å². The fraction of sp³-hybridized carbons (Fsp3) is 0.647. The Labute approximate surface area is 122 Å². The number of halogens is 1. The molecule has 1 aliphatic heterocycles. The van der Waals surface area contributed by atoms with E-state index in [0.717, 1.165) is 24.3 Å². The van der Waals surface area contributed by atoms with Gasteiger partial charge in [-0.05, 0) is 61.8 Å². The van der Waals surface area contributed by atoms with E-state index in [9.17, 15) is 4.39 Å². The van der Waals surface area contributed by atoms with Crippen LogP contribution in [-0.4, -0.2) is 13.1 Å². The number of nitrogens with two attached hydrogens (primary N) is 1. The predicted octanol–water partition coefficient (Wildman–Crippen LogP) is 4.17. The highest BCUT2D eigenvalue weighted by Gasteiger charge is 2.25. The molecule has 0 radical (unpaired) electrons. The van der Waals surface area contributed by atoms with Crippen molar-refractivity contribution < 1.29 is 4.39 Å². The van der Waals surface area contributed by atoms with Crippen molar-refractivity contribution in [3.8, 4) is 0 Å². The van der Waals surface area contributed by atoms with Crippen molar-refractivity contribution in [2.75, 3.05) is 18.0 Å². The summed E-state index contributed by atoms with van der Waals surface area (Å²) in [6, 6.07) is 3.44. The van der Waals surface area contributed by atoms with Crippen LogP contribution >= 0.6 is 0 Å². The van der Waals surface area contributed by atoms with Crippen LogP contribution in [-0.2, 0) is 0 Å². The molecule has 3 heteroatoms. The van der Waals surface area contributed by atoms with Crippen molar-refractivity contribution in [2.45, 2.75) is 53.0 Å². The van der Waals surface area contributed by atoms with E-state index < -0.39 is 0 Å². The maximum absolute atomic E-state index is 13.8. The zero-order chi connectivity index (χ0) is 14.9. The first-order valence-corrected chi connectivity index (χ1v) is 7.61. The molecule has 1 unspecified atom stereocenters. The third-order valence-electron chi connectivity index (χ3n) is 4.48. The number of hydrogen-bond donors (Lipinski definition) is 1. The zero-order valence-electron chi connectivity index (χ0n) is 13.2. The molecular formula is C17H27FN2. The van der Waals surface area contributed by atoms with Gasteiger partial charge in [-0.15, -0.1) is 0 Å². The number of benzene rings is 1. The highest BCUT2D eigenvalue weighted by atomic mass is 19.1. The SMILES string of the molecule is Cc1cc(N2CCCC(C)(C)CC2)c(C(C)N)cc1F. The van der Waals surface area contributed by atoms with Crippen molar-refractivity contribution in [3.05, 3.63) is 29.1 Å². The standard InChI is InChI=1S/C17H27FN2/c1-12-10-16(14(13(2)19)11-15(12)18)20-8-5-6-17(3,4)7-9-20/h10-11,13H,5-9,19H2,1-4H3. The third-order valence-corrected chi connectivity index (χ3v) is 4.48. The molecule has 1 aromatic rings. The third kappa shape index (κ3) is 3.32. The van der Waals surface area contributed by atoms with Crippen molar-refractivity contribution >= 4 is 5.69 Å². The average molecular weight is 278 g/mol. The van der Waals surface area contributed by atoms with Crippen LogP contribution in [0.3, 0.4) is 0 Å². The van der Waals surface area contributed by atoms with E-state index in [1.54, 1.807) is 6.07 Å². The van der Waals surface area contributed by atoms with Crippen molar-refractivity contribution in [1.82, 2.24) is 0 Å². The van der Waals surface area contributed by atoms with E-state index in [1.165, 1.54) is 19.3 Å². The van der Waals surface area contributed by atoms with Crippen LogP contribution in [0, 0.1) is 18.2 Å². The van der Waals surface area contributed by atoms with Gasteiger partial charge < -0.3 is 10.6 Å². The molecule has 1 heterocycles. The Balaban J connectivity index is 2.34. The zero-order valence-corrected chi connectivity index (χ0v) is 13.2. The normalized spacial score (nSPS) is 20.6. The number of nitrogens with zero attached hydrogens (tertiary/aromatic N) is 1. The largest absolute Gasteiger partial charge is 0.371 e. The summed E-state index contributed by atoms with van der Waals surface area (Å²) in [5, 5.41) is 0. The monoisotopic (exact) mass is 278 g/mol. The number of aryl methyl sites for hydroxylation is 1. The molecule has 1 fully saturated rings. The van der Waals surface area contributed by atoms with Gasteiger partial charge in [0, 0.05) is 24.8 Å². The molecule has 112 valence electrons. The lowest BCUT2D eigenvalue weighted by Gasteiger charge is -2.28. The first-order chi connectivity index (χ1) is 9.30. The summed E-state index contributed by atoms with van der Waals surface area (Å²) in [5.74, 6) is -0.156. The fourth-order valence-electron chi connectivity index (χ4n) is 2.98. The highest BCUT2D eigenvalue weighted by Crippen LogP contribution is 2.34. The van der Waals surface area contributed by atoms with Crippen LogP contribution in [0.15, 0.2) is 12.1 Å². The second-order valence-corrected chi connectivity index (χ2v) is 6.95. The van der Waals surface area contributed by atoms with E-state index in [4.69, 9.17) is 5.73 Å². The molecule has 0 spiro atoms. The van der Waals surface area contributed by atoms with Crippen LogP contribution in [0.5, 0.6) is 0 Å². The van der Waals surface area contributed by atoms with E-state index in [-0.39, 0.29) is 11.9 Å². The summed E-state index contributed by atoms with van der Waals surface area (Å²) < 4.78 is 13.8. The van der Waals surface area contributed by atoms with Gasteiger partial charge in [0.25, 0.3) is 0 Å². The van der Waals surface area contributed by atoms with Gasteiger partial charge >= 0.3 is 0 Å². The van der Waals surface area contributed by atoms with E-state index in [2.05, 4.69) is 18.7 Å². The predicted molar refractivity (Wildman–Crippen MR) is 83.6 cm³/mol. The summed E-state index contributed by atoms with van der Waals surface area (Å²) in [6.07, 6.45) is 3.60. The molecule has 0 aliphatic carbocycles. The number of hydrogen-bond acceptors (Lipinski definition) is 2. The van der Waals surface area contributed by atoms with Crippen molar-refractivity contribution in [1.29, 1.82) is 0 Å². The average Bonchev–Trinajstić information content (AvgIpc) is 2.53. The molecule has 1 saturated heterocycles. The Morgan fingerprint density at radius 2 is 1.95 bits per heavy atom. The van der Waals surface area contributed by atoms with Gasteiger partial charge in [0.05, 0.1) is 0 Å². The lowest BCUT2D eigenvalue weighted by atomic mass is 9.85. The van der Waals surface area contributed by atoms with Gasteiger partial charge in [-0.2, -0.15) is 0 Å². The topological polar surface area (TPSA) is 29.3 Å². The van der Waals surface area contributed by atoms with Crippen LogP contribution in [0.25, 0.3) is 0 Å². The van der Waals surface area contributed by atoms with Gasteiger partial charge in [-0.3, -0.25) is 0 Å². The van der Waals surface area contributed by atoms with E-state index >= 15 is 0 Å². The van der Waals surface area contributed by atoms with Gasteiger partial charge in [-0.1, -0.05) is 13.8 Å². The van der Waals surface area contributed by atoms with Crippen LogP contribution < -0.4 is 10.6 Å². The Hall–Kier alpha value is -1.09. The van der Waals surface area contributed by atoms with Gasteiger partial charge in [0.15, 0.2) is 0 Å². The number of anilines is 1. The highest BCUT2D eigenvalue weighted by molar-refractivity contribution is 5.57. The minimum Gasteiger partial charge on any atom is -0.371 e. The summed E-state index contributed by atoms with van der Waals surface area (Å²) in [4.78, 5) is 2.39. The molecule has 0 bridgehead atoms. The molecule has 1 atom stereocenters. The summed E-state index contributed by atoms with van der Waals surface area (Å²) >= 11 is 0. The van der Waals surface area contributed by atoms with E-state index in [1.807, 2.05) is 19.9 Å². The summed E-state index contributed by atoms with van der Waals surface area (Å²) in [6.45, 7) is 10.5. The molecule has 0 aromatic heterocycles. The maximum Gasteiger partial charge on any atom is 0.126 e. The quantitative estimate of drug-likeness (QED) is 0.879. The molecular weight excluding hydrogens is 251 g/mol. The van der Waals surface area contributed by atoms with Crippen molar-refractivity contribution in [3.63, 3.8) is 0 Å². The molecule has 2 rings (SSSR count). The molecule has 0 amide bonds. The molecule has 2 N–H and O–H groups in total. The van der Waals surface area contributed by atoms with Crippen LogP contribution in [0.4, 0.5) is 10.1 Å². The first kappa shape index (κ1) is 15.3. The van der Waals surface area contributed by atoms with Crippen molar-refractivity contribution in [2.24, 2.45) is 11.1 Å². The van der Waals surface area contributed by atoms with Gasteiger partial charge in [0.1, 0.15) is 5.82 Å². The second kappa shape index (κ2) is 5.72. The molecule has 1 aromatic carbocycles. The number of rotatable bonds is 2. The minimum absolute atomic E-state index is 0.142. The molecule has 1 aliphatic rings. The first-order valence-electron chi connectivity index (χ1n) is 7.61. The fourth-order valence-corrected chi connectivity index (χ4v) is 2.98. The Morgan fingerprint density at radius 3 is 2.60 bits per heavy atom. The Morgan fingerprint density at radius 1 is 1.25 bits per heavy atom. The minimum atomic E-state index is -0.156. The smallest absolute Gasteiger partial charge is 0.126 e. The lowest BCUT2D eigenvalue weighted by molar-refractivity contribution is 0.325. The Bertz CT molecular complexity index is 480. The van der Waals surface area contributed by atoms with Gasteiger partial charge in [0.2, 0.25) is 0 Å².